The molecule has 0 spiro atoms. The largest absolute Gasteiger partial charge is 0.412 e. The summed E-state index contributed by atoms with van der Waals surface area (Å²) in [7, 11) is 1.00. The van der Waals surface area contributed by atoms with E-state index in [9.17, 15) is 0 Å². The molecule has 1 rings (SSSR count). The Balaban J connectivity index is -0.000000178. The third kappa shape index (κ3) is 11.1. The Bertz CT molecular complexity index is 168. The lowest BCUT2D eigenvalue weighted by Crippen LogP contribution is -1.71. The van der Waals surface area contributed by atoms with Crippen LogP contribution in [0.3, 0.4) is 0 Å². The van der Waals surface area contributed by atoms with Gasteiger partial charge >= 0.3 is 0 Å². The van der Waals surface area contributed by atoms with Crippen LogP contribution in [0.5, 0.6) is 0 Å². The van der Waals surface area contributed by atoms with Gasteiger partial charge < -0.3 is 10.6 Å². The molecule has 0 aliphatic carbocycles. The molecule has 0 bridgehead atoms. The first kappa shape index (κ1) is 18.0. The van der Waals surface area contributed by atoms with Gasteiger partial charge in [0.25, 0.3) is 0 Å². The van der Waals surface area contributed by atoms with E-state index < -0.39 is 0 Å². The molecule has 1 aromatic carbocycles. The van der Waals surface area contributed by atoms with Crippen molar-refractivity contribution in [1.29, 1.82) is 0 Å². The molecule has 0 saturated heterocycles. The van der Waals surface area contributed by atoms with Gasteiger partial charge in [0.1, 0.15) is 0 Å². The highest BCUT2D eigenvalue weighted by atomic mass is 16.2. The summed E-state index contributed by atoms with van der Waals surface area (Å²) in [5, 5.41) is 7.00. The fourth-order valence-corrected chi connectivity index (χ4v) is 0.807. The summed E-state index contributed by atoms with van der Waals surface area (Å²) in [5.74, 6) is 0. The lowest BCUT2D eigenvalue weighted by molar-refractivity contribution is 0.399. The number of hydrogen-bond donors (Lipinski definition) is 1. The van der Waals surface area contributed by atoms with Crippen LogP contribution >= 0.6 is 0 Å². The number of aryl methyl sites for hydroxylation is 2. The molecule has 0 aromatic heterocycles. The van der Waals surface area contributed by atoms with Crippen LogP contribution in [0.2, 0.25) is 0 Å². The summed E-state index contributed by atoms with van der Waals surface area (Å²) in [6, 6.07) is 8.45. The van der Waals surface area contributed by atoms with Gasteiger partial charge in [-0.1, -0.05) is 49.2 Å². The van der Waals surface area contributed by atoms with Crippen LogP contribution in [-0.2, 0) is 0 Å². The van der Waals surface area contributed by atoms with Gasteiger partial charge in [-0.2, -0.15) is 0 Å². The molecule has 13 heavy (non-hydrogen) atoms. The van der Waals surface area contributed by atoms with E-state index in [-0.39, 0.29) is 5.48 Å². The lowest BCUT2D eigenvalue weighted by Gasteiger charge is -1.90. The molecule has 1 aromatic rings. The standard InChI is InChI=1S/C8H10.C2H6.CH4O.H2O/c1-7-4-3-5-8(2)6-7;2*1-2;/h3-6H,1-2H3;1-2H3;2H,1H3;1H2. The molecule has 3 N–H and O–H groups in total. The number of aliphatic hydroxyl groups excluding tert-OH is 1. The molecule has 0 amide bonds. The fourth-order valence-electron chi connectivity index (χ4n) is 0.807. The minimum Gasteiger partial charge on any atom is -0.412 e. The predicted molar refractivity (Wildman–Crippen MR) is 59.0 cm³/mol. The molecule has 0 heterocycles. The normalized spacial score (nSPS) is 6.62. The van der Waals surface area contributed by atoms with Crippen molar-refractivity contribution in [3.8, 4) is 0 Å². The van der Waals surface area contributed by atoms with Gasteiger partial charge in [-0.3, -0.25) is 0 Å². The van der Waals surface area contributed by atoms with Crippen molar-refractivity contribution < 1.29 is 10.6 Å². The zero-order valence-electron chi connectivity index (χ0n) is 9.26. The molecule has 2 nitrogen and oxygen atoms in total. The SMILES string of the molecule is CC.CO.Cc1cccc(C)c1.O. The third-order valence-corrected chi connectivity index (χ3v) is 1.17. The summed E-state index contributed by atoms with van der Waals surface area (Å²) in [6.07, 6.45) is 0. The van der Waals surface area contributed by atoms with Crippen LogP contribution in [0.1, 0.15) is 25.0 Å². The fraction of sp³-hybridized carbons (Fsp3) is 0.455. The molecule has 0 fully saturated rings. The summed E-state index contributed by atoms with van der Waals surface area (Å²) in [6.45, 7) is 8.21. The molecule has 0 aliphatic heterocycles. The van der Waals surface area contributed by atoms with E-state index in [1.54, 1.807) is 0 Å². The second kappa shape index (κ2) is 13.7. The van der Waals surface area contributed by atoms with E-state index in [4.69, 9.17) is 5.11 Å². The minimum absolute atomic E-state index is 0. The molecule has 2 heteroatoms. The molecule has 0 unspecified atom stereocenters. The Morgan fingerprint density at radius 2 is 1.23 bits per heavy atom. The maximum atomic E-state index is 7.00. The monoisotopic (exact) mass is 186 g/mol. The molecule has 0 aliphatic rings. The minimum atomic E-state index is 0. The van der Waals surface area contributed by atoms with Gasteiger partial charge in [0.15, 0.2) is 0 Å². The van der Waals surface area contributed by atoms with Crippen molar-refractivity contribution in [1.82, 2.24) is 0 Å². The van der Waals surface area contributed by atoms with Crippen molar-refractivity contribution in [3.05, 3.63) is 35.4 Å². The predicted octanol–water partition coefficient (Wildman–Crippen LogP) is 2.11. The van der Waals surface area contributed by atoms with Gasteiger partial charge in [0, 0.05) is 7.11 Å². The van der Waals surface area contributed by atoms with Gasteiger partial charge in [-0.05, 0) is 13.8 Å². The average Bonchev–Trinajstić information content (AvgIpc) is 2.11. The van der Waals surface area contributed by atoms with Crippen molar-refractivity contribution in [2.75, 3.05) is 7.11 Å². The van der Waals surface area contributed by atoms with Crippen LogP contribution in [0.15, 0.2) is 24.3 Å². The smallest absolute Gasteiger partial charge is 0.0319 e. The summed E-state index contributed by atoms with van der Waals surface area (Å²) in [5.41, 5.74) is 2.68. The molecular formula is C11H22O2. The van der Waals surface area contributed by atoms with Crippen LogP contribution < -0.4 is 0 Å². The zero-order valence-corrected chi connectivity index (χ0v) is 9.26. The van der Waals surface area contributed by atoms with Crippen molar-refractivity contribution >= 4 is 0 Å². The van der Waals surface area contributed by atoms with Crippen LogP contribution in [0.4, 0.5) is 0 Å². The molecule has 0 atom stereocenters. The number of benzene rings is 1. The van der Waals surface area contributed by atoms with E-state index >= 15 is 0 Å². The molecular weight excluding hydrogens is 164 g/mol. The van der Waals surface area contributed by atoms with Gasteiger partial charge in [-0.15, -0.1) is 0 Å². The van der Waals surface area contributed by atoms with E-state index in [0.29, 0.717) is 0 Å². The Morgan fingerprint density at radius 1 is 0.923 bits per heavy atom. The van der Waals surface area contributed by atoms with E-state index in [1.807, 2.05) is 13.8 Å². The van der Waals surface area contributed by atoms with Gasteiger partial charge in [0.2, 0.25) is 0 Å². The van der Waals surface area contributed by atoms with Crippen molar-refractivity contribution in [2.24, 2.45) is 0 Å². The van der Waals surface area contributed by atoms with E-state index in [1.165, 1.54) is 11.1 Å². The Labute approximate surface area is 81.5 Å². The second-order valence-corrected chi connectivity index (χ2v) is 2.16. The second-order valence-electron chi connectivity index (χ2n) is 2.16. The number of rotatable bonds is 0. The molecule has 78 valence electrons. The quantitative estimate of drug-likeness (QED) is 0.663. The average molecular weight is 186 g/mol. The highest BCUT2D eigenvalue weighted by Gasteiger charge is 1.80. The Morgan fingerprint density at radius 3 is 1.38 bits per heavy atom. The third-order valence-electron chi connectivity index (χ3n) is 1.17. The maximum absolute atomic E-state index is 7.00. The summed E-state index contributed by atoms with van der Waals surface area (Å²) >= 11 is 0. The van der Waals surface area contributed by atoms with Crippen LogP contribution in [-0.4, -0.2) is 17.7 Å². The highest BCUT2D eigenvalue weighted by Crippen LogP contribution is 2.00. The molecule has 0 saturated carbocycles. The first-order valence-corrected chi connectivity index (χ1v) is 4.27. The van der Waals surface area contributed by atoms with Crippen LogP contribution in [0.25, 0.3) is 0 Å². The topological polar surface area (TPSA) is 51.7 Å². The van der Waals surface area contributed by atoms with E-state index in [0.717, 1.165) is 7.11 Å². The maximum Gasteiger partial charge on any atom is 0.0319 e. The summed E-state index contributed by atoms with van der Waals surface area (Å²) < 4.78 is 0. The van der Waals surface area contributed by atoms with Crippen molar-refractivity contribution in [3.63, 3.8) is 0 Å². The van der Waals surface area contributed by atoms with Crippen molar-refractivity contribution in [2.45, 2.75) is 27.7 Å². The number of hydrogen-bond acceptors (Lipinski definition) is 1. The number of aliphatic hydroxyl groups is 1. The van der Waals surface area contributed by atoms with E-state index in [2.05, 4.69) is 38.1 Å². The van der Waals surface area contributed by atoms with Crippen LogP contribution in [0, 0.1) is 13.8 Å². The Kier molecular flexibility index (Phi) is 19.0. The lowest BCUT2D eigenvalue weighted by atomic mass is 10.2. The molecule has 0 radical (unpaired) electrons. The Hall–Kier alpha value is -0.860. The zero-order chi connectivity index (χ0) is 9.98. The highest BCUT2D eigenvalue weighted by molar-refractivity contribution is 5.20. The van der Waals surface area contributed by atoms with Gasteiger partial charge in [0.05, 0.1) is 0 Å². The van der Waals surface area contributed by atoms with Gasteiger partial charge in [-0.25, -0.2) is 0 Å². The first-order chi connectivity index (χ1) is 5.79. The first-order valence-electron chi connectivity index (χ1n) is 4.27. The summed E-state index contributed by atoms with van der Waals surface area (Å²) in [4.78, 5) is 0.